The average molecular weight is 323 g/mol. The van der Waals surface area contributed by atoms with Crippen molar-refractivity contribution >= 4 is 5.97 Å². The van der Waals surface area contributed by atoms with Gasteiger partial charge in [-0.15, -0.1) is 0 Å². The molecule has 23 heavy (non-hydrogen) atoms. The van der Waals surface area contributed by atoms with Crippen LogP contribution >= 0.6 is 0 Å². The van der Waals surface area contributed by atoms with Crippen molar-refractivity contribution in [1.82, 2.24) is 16.0 Å². The molecule has 0 unspecified atom stereocenters. The van der Waals surface area contributed by atoms with Crippen molar-refractivity contribution in [2.75, 3.05) is 45.9 Å². The summed E-state index contributed by atoms with van der Waals surface area (Å²) >= 11 is 0. The van der Waals surface area contributed by atoms with Crippen molar-refractivity contribution in [3.63, 3.8) is 0 Å². The summed E-state index contributed by atoms with van der Waals surface area (Å²) in [5.74, 6) is -0.733. The Balaban J connectivity index is 1.74. The molecular weight excluding hydrogens is 294 g/mol. The predicted octanol–water partition coefficient (Wildman–Crippen LogP) is 0.837. The standard InChI is InChI=1S/C17H29N3O3/c21-17(22)7-4-8-18-9-10-19-11-12-20-13-14-23-15-16-5-2-1-3-6-16/h1-3,5-6,18-20H,4,7-15H2,(H,21,22). The summed E-state index contributed by atoms with van der Waals surface area (Å²) in [5.41, 5.74) is 1.20. The summed E-state index contributed by atoms with van der Waals surface area (Å²) in [7, 11) is 0. The molecule has 4 N–H and O–H groups in total. The smallest absolute Gasteiger partial charge is 0.303 e. The fourth-order valence-corrected chi connectivity index (χ4v) is 2.00. The van der Waals surface area contributed by atoms with E-state index in [4.69, 9.17) is 9.84 Å². The van der Waals surface area contributed by atoms with Crippen LogP contribution in [0.15, 0.2) is 30.3 Å². The Labute approximate surface area is 138 Å². The first kappa shape index (κ1) is 19.6. The van der Waals surface area contributed by atoms with Crippen LogP contribution in [0.2, 0.25) is 0 Å². The van der Waals surface area contributed by atoms with Gasteiger partial charge in [-0.05, 0) is 18.5 Å². The summed E-state index contributed by atoms with van der Waals surface area (Å²) in [5, 5.41) is 18.3. The number of benzene rings is 1. The first-order valence-electron chi connectivity index (χ1n) is 8.24. The zero-order valence-corrected chi connectivity index (χ0v) is 13.7. The molecule has 0 amide bonds. The Bertz CT molecular complexity index is 401. The number of carboxylic acid groups (broad SMARTS) is 1. The van der Waals surface area contributed by atoms with Crippen LogP contribution in [0.3, 0.4) is 0 Å². The van der Waals surface area contributed by atoms with Crippen LogP contribution in [0.1, 0.15) is 18.4 Å². The minimum Gasteiger partial charge on any atom is -0.481 e. The number of hydrogen-bond acceptors (Lipinski definition) is 5. The lowest BCUT2D eigenvalue weighted by Gasteiger charge is -2.08. The van der Waals surface area contributed by atoms with Gasteiger partial charge in [-0.3, -0.25) is 4.79 Å². The molecule has 6 nitrogen and oxygen atoms in total. The first-order chi connectivity index (χ1) is 11.3. The van der Waals surface area contributed by atoms with Crippen LogP contribution in [0, 0.1) is 0 Å². The third-order valence-electron chi connectivity index (χ3n) is 3.24. The lowest BCUT2D eigenvalue weighted by Crippen LogP contribution is -2.33. The number of rotatable bonds is 15. The number of carbonyl (C=O) groups is 1. The molecule has 0 bridgehead atoms. The zero-order chi connectivity index (χ0) is 16.6. The predicted molar refractivity (Wildman–Crippen MR) is 91.6 cm³/mol. The molecule has 1 rings (SSSR count). The molecule has 0 saturated heterocycles. The van der Waals surface area contributed by atoms with Crippen LogP contribution in [-0.4, -0.2) is 57.0 Å². The molecule has 1 aromatic rings. The van der Waals surface area contributed by atoms with E-state index in [9.17, 15) is 4.79 Å². The Morgan fingerprint density at radius 2 is 1.52 bits per heavy atom. The fourth-order valence-electron chi connectivity index (χ4n) is 2.00. The lowest BCUT2D eigenvalue weighted by molar-refractivity contribution is -0.137. The van der Waals surface area contributed by atoms with E-state index < -0.39 is 5.97 Å². The molecular formula is C17H29N3O3. The van der Waals surface area contributed by atoms with E-state index in [1.807, 2.05) is 18.2 Å². The van der Waals surface area contributed by atoms with Crippen molar-refractivity contribution in [3.05, 3.63) is 35.9 Å². The van der Waals surface area contributed by atoms with E-state index in [0.717, 1.165) is 39.3 Å². The topological polar surface area (TPSA) is 82.6 Å². The maximum Gasteiger partial charge on any atom is 0.303 e. The minimum atomic E-state index is -0.733. The first-order valence-corrected chi connectivity index (χ1v) is 8.24. The summed E-state index contributed by atoms with van der Waals surface area (Å²) in [6.45, 7) is 6.55. The maximum absolute atomic E-state index is 10.3. The van der Waals surface area contributed by atoms with E-state index in [-0.39, 0.29) is 6.42 Å². The van der Waals surface area contributed by atoms with Gasteiger partial charge < -0.3 is 25.8 Å². The van der Waals surface area contributed by atoms with Gasteiger partial charge in [-0.25, -0.2) is 0 Å². The Morgan fingerprint density at radius 3 is 2.17 bits per heavy atom. The highest BCUT2D eigenvalue weighted by atomic mass is 16.5. The number of ether oxygens (including phenoxy) is 1. The molecule has 1 aromatic carbocycles. The van der Waals surface area contributed by atoms with Gasteiger partial charge in [0.05, 0.1) is 13.2 Å². The largest absolute Gasteiger partial charge is 0.481 e. The van der Waals surface area contributed by atoms with E-state index in [0.29, 0.717) is 19.6 Å². The second-order valence-electron chi connectivity index (χ2n) is 5.29. The van der Waals surface area contributed by atoms with Crippen LogP contribution in [0.25, 0.3) is 0 Å². The maximum atomic E-state index is 10.3. The number of carboxylic acids is 1. The van der Waals surface area contributed by atoms with Crippen LogP contribution in [0.4, 0.5) is 0 Å². The molecule has 0 atom stereocenters. The van der Waals surface area contributed by atoms with Gasteiger partial charge in [0.2, 0.25) is 0 Å². The Hall–Kier alpha value is -1.47. The summed E-state index contributed by atoms with van der Waals surface area (Å²) < 4.78 is 5.58. The van der Waals surface area contributed by atoms with Crippen molar-refractivity contribution in [2.45, 2.75) is 19.4 Å². The van der Waals surface area contributed by atoms with Crippen LogP contribution < -0.4 is 16.0 Å². The normalized spacial score (nSPS) is 10.8. The molecule has 130 valence electrons. The number of hydrogen-bond donors (Lipinski definition) is 4. The number of nitrogens with one attached hydrogen (secondary N) is 3. The quantitative estimate of drug-likeness (QED) is 0.358. The lowest BCUT2D eigenvalue weighted by atomic mass is 10.2. The summed E-state index contributed by atoms with van der Waals surface area (Å²) in [6.07, 6.45) is 0.913. The van der Waals surface area contributed by atoms with Gasteiger partial charge in [-0.2, -0.15) is 0 Å². The van der Waals surface area contributed by atoms with E-state index in [1.54, 1.807) is 0 Å². The Kier molecular flexibility index (Phi) is 12.0. The van der Waals surface area contributed by atoms with Gasteiger partial charge in [0.25, 0.3) is 0 Å². The molecule has 0 radical (unpaired) electrons. The molecule has 0 saturated carbocycles. The van der Waals surface area contributed by atoms with Gasteiger partial charge >= 0.3 is 5.97 Å². The molecule has 0 aliphatic heterocycles. The van der Waals surface area contributed by atoms with Gasteiger partial charge in [0, 0.05) is 39.1 Å². The second-order valence-corrected chi connectivity index (χ2v) is 5.29. The molecule has 0 heterocycles. The Morgan fingerprint density at radius 1 is 0.913 bits per heavy atom. The molecule has 0 aliphatic rings. The highest BCUT2D eigenvalue weighted by Gasteiger charge is 1.95. The van der Waals surface area contributed by atoms with Crippen molar-refractivity contribution < 1.29 is 14.6 Å². The highest BCUT2D eigenvalue weighted by Crippen LogP contribution is 1.99. The summed E-state index contributed by atoms with van der Waals surface area (Å²) in [6, 6.07) is 10.2. The molecule has 6 heteroatoms. The third-order valence-corrected chi connectivity index (χ3v) is 3.24. The SMILES string of the molecule is O=C(O)CCCNCCNCCNCCOCc1ccccc1. The van der Waals surface area contributed by atoms with Gasteiger partial charge in [0.15, 0.2) is 0 Å². The molecule has 0 aromatic heterocycles. The van der Waals surface area contributed by atoms with Crippen LogP contribution in [-0.2, 0) is 16.1 Å². The molecule has 0 aliphatic carbocycles. The van der Waals surface area contributed by atoms with E-state index >= 15 is 0 Å². The third kappa shape index (κ3) is 12.7. The van der Waals surface area contributed by atoms with Crippen molar-refractivity contribution in [2.24, 2.45) is 0 Å². The van der Waals surface area contributed by atoms with E-state index in [1.165, 1.54) is 5.56 Å². The fraction of sp³-hybridized carbons (Fsp3) is 0.588. The second kappa shape index (κ2) is 14.1. The highest BCUT2D eigenvalue weighted by molar-refractivity contribution is 5.66. The van der Waals surface area contributed by atoms with Crippen molar-refractivity contribution in [1.29, 1.82) is 0 Å². The minimum absolute atomic E-state index is 0.233. The van der Waals surface area contributed by atoms with Crippen molar-refractivity contribution in [3.8, 4) is 0 Å². The summed E-state index contributed by atoms with van der Waals surface area (Å²) in [4.78, 5) is 10.3. The molecule has 0 fully saturated rings. The van der Waals surface area contributed by atoms with Gasteiger partial charge in [-0.1, -0.05) is 30.3 Å². The monoisotopic (exact) mass is 323 g/mol. The van der Waals surface area contributed by atoms with Crippen LogP contribution in [0.5, 0.6) is 0 Å². The number of aliphatic carboxylic acids is 1. The average Bonchev–Trinajstić information content (AvgIpc) is 2.56. The zero-order valence-electron chi connectivity index (χ0n) is 13.7. The van der Waals surface area contributed by atoms with E-state index in [2.05, 4.69) is 28.1 Å². The molecule has 0 spiro atoms. The van der Waals surface area contributed by atoms with Gasteiger partial charge in [0.1, 0.15) is 0 Å².